The molecule has 0 aliphatic heterocycles. The van der Waals surface area contributed by atoms with Gasteiger partial charge in [-0.05, 0) is 49.7 Å². The molecule has 0 fully saturated rings. The van der Waals surface area contributed by atoms with Gasteiger partial charge in [0.25, 0.3) is 15.9 Å². The van der Waals surface area contributed by atoms with Crippen LogP contribution in [0.2, 0.25) is 0 Å². The first-order valence-electron chi connectivity index (χ1n) is 6.76. The summed E-state index contributed by atoms with van der Waals surface area (Å²) in [4.78, 5) is 12.6. The van der Waals surface area contributed by atoms with Crippen LogP contribution in [-0.4, -0.2) is 25.2 Å². The highest BCUT2D eigenvalue weighted by molar-refractivity contribution is 9.10. The van der Waals surface area contributed by atoms with Crippen molar-refractivity contribution in [1.29, 1.82) is 0 Å². The molecule has 0 atom stereocenters. The van der Waals surface area contributed by atoms with E-state index < -0.39 is 15.9 Å². The Balaban J connectivity index is 2.45. The molecule has 0 bridgehead atoms. The molecule has 0 saturated heterocycles. The number of rotatable bonds is 4. The Bertz CT molecular complexity index is 788. The molecule has 0 saturated carbocycles. The summed E-state index contributed by atoms with van der Waals surface area (Å²) in [6.07, 6.45) is 0. The Morgan fingerprint density at radius 2 is 1.77 bits per heavy atom. The van der Waals surface area contributed by atoms with Crippen LogP contribution in [0.3, 0.4) is 0 Å². The van der Waals surface area contributed by atoms with E-state index in [0.29, 0.717) is 5.56 Å². The first-order valence-corrected chi connectivity index (χ1v) is 8.99. The lowest BCUT2D eigenvalue weighted by atomic mass is 10.2. The zero-order valence-electron chi connectivity index (χ0n) is 12.3. The monoisotopic (exact) mass is 381 g/mol. The van der Waals surface area contributed by atoms with Gasteiger partial charge in [0, 0.05) is 16.6 Å². The van der Waals surface area contributed by atoms with E-state index in [0.717, 1.165) is 14.3 Å². The van der Waals surface area contributed by atoms with Crippen LogP contribution in [-0.2, 0) is 10.0 Å². The van der Waals surface area contributed by atoms with Gasteiger partial charge >= 0.3 is 0 Å². The van der Waals surface area contributed by atoms with Crippen LogP contribution in [0, 0.1) is 6.92 Å². The van der Waals surface area contributed by atoms with Crippen molar-refractivity contribution in [3.05, 3.63) is 64.1 Å². The Morgan fingerprint density at radius 3 is 2.32 bits per heavy atom. The molecule has 0 aromatic heterocycles. The van der Waals surface area contributed by atoms with Gasteiger partial charge in [-0.15, -0.1) is 0 Å². The molecule has 116 valence electrons. The van der Waals surface area contributed by atoms with E-state index in [1.165, 1.54) is 6.07 Å². The third-order valence-electron chi connectivity index (χ3n) is 3.25. The molecular weight excluding hydrogens is 366 g/mol. The Labute approximate surface area is 138 Å². The molecular formula is C16H16BrNO3S. The van der Waals surface area contributed by atoms with Crippen molar-refractivity contribution in [3.63, 3.8) is 0 Å². The molecule has 4 nitrogen and oxygen atoms in total. The van der Waals surface area contributed by atoms with Gasteiger partial charge in [0.05, 0.1) is 4.90 Å². The van der Waals surface area contributed by atoms with Crippen molar-refractivity contribution in [3.8, 4) is 0 Å². The van der Waals surface area contributed by atoms with Crippen molar-refractivity contribution >= 4 is 31.9 Å². The first-order chi connectivity index (χ1) is 10.4. The summed E-state index contributed by atoms with van der Waals surface area (Å²) in [6.45, 7) is 3.52. The SMILES string of the molecule is CCN(C(=O)c1ccccc1)S(=O)(=O)c1ccc(Br)c(C)c1. The van der Waals surface area contributed by atoms with Crippen molar-refractivity contribution in [2.75, 3.05) is 6.54 Å². The molecule has 2 aromatic carbocycles. The van der Waals surface area contributed by atoms with Crippen LogP contribution in [0.4, 0.5) is 0 Å². The van der Waals surface area contributed by atoms with Gasteiger partial charge in [0.15, 0.2) is 0 Å². The number of hydrogen-bond acceptors (Lipinski definition) is 3. The lowest BCUT2D eigenvalue weighted by molar-refractivity contribution is 0.0866. The van der Waals surface area contributed by atoms with Crippen LogP contribution in [0.1, 0.15) is 22.8 Å². The standard InChI is InChI=1S/C16H16BrNO3S/c1-3-18(16(19)13-7-5-4-6-8-13)22(20,21)14-9-10-15(17)12(2)11-14/h4-11H,3H2,1-2H3. The molecule has 0 heterocycles. The number of aryl methyl sites for hydroxylation is 1. The number of benzene rings is 2. The van der Waals surface area contributed by atoms with Gasteiger partial charge in [0.2, 0.25) is 0 Å². The third-order valence-corrected chi connectivity index (χ3v) is 6.00. The number of nitrogens with zero attached hydrogens (tertiary/aromatic N) is 1. The van der Waals surface area contributed by atoms with Crippen LogP contribution in [0.5, 0.6) is 0 Å². The maximum Gasteiger partial charge on any atom is 0.267 e. The van der Waals surface area contributed by atoms with Crippen LogP contribution in [0.25, 0.3) is 0 Å². The fraction of sp³-hybridized carbons (Fsp3) is 0.188. The van der Waals surface area contributed by atoms with Crippen molar-refractivity contribution in [2.45, 2.75) is 18.7 Å². The maximum absolute atomic E-state index is 12.7. The van der Waals surface area contributed by atoms with E-state index >= 15 is 0 Å². The van der Waals surface area contributed by atoms with Gasteiger partial charge < -0.3 is 0 Å². The molecule has 22 heavy (non-hydrogen) atoms. The summed E-state index contributed by atoms with van der Waals surface area (Å²) < 4.78 is 27.2. The van der Waals surface area contributed by atoms with E-state index in [-0.39, 0.29) is 11.4 Å². The fourth-order valence-corrected chi connectivity index (χ4v) is 3.78. The molecule has 0 aliphatic carbocycles. The Kier molecular flexibility index (Phi) is 5.03. The predicted octanol–water partition coefficient (Wildman–Crippen LogP) is 3.61. The normalized spacial score (nSPS) is 11.2. The second-order valence-electron chi connectivity index (χ2n) is 4.75. The summed E-state index contributed by atoms with van der Waals surface area (Å²) in [7, 11) is -3.87. The highest BCUT2D eigenvalue weighted by atomic mass is 79.9. The topological polar surface area (TPSA) is 54.5 Å². The third kappa shape index (κ3) is 3.23. The van der Waals surface area contributed by atoms with Crippen LogP contribution >= 0.6 is 15.9 Å². The van der Waals surface area contributed by atoms with Crippen molar-refractivity contribution in [1.82, 2.24) is 4.31 Å². The van der Waals surface area contributed by atoms with Gasteiger partial charge in [0.1, 0.15) is 0 Å². The fourth-order valence-electron chi connectivity index (χ4n) is 2.05. The lowest BCUT2D eigenvalue weighted by Crippen LogP contribution is -2.36. The zero-order valence-corrected chi connectivity index (χ0v) is 14.7. The number of hydrogen-bond donors (Lipinski definition) is 0. The first kappa shape index (κ1) is 16.7. The van der Waals surface area contributed by atoms with E-state index in [4.69, 9.17) is 0 Å². The highest BCUT2D eigenvalue weighted by Crippen LogP contribution is 2.23. The second kappa shape index (κ2) is 6.62. The molecule has 0 spiro atoms. The second-order valence-corrected chi connectivity index (χ2v) is 7.47. The number of carbonyl (C=O) groups excluding carboxylic acids is 1. The zero-order chi connectivity index (χ0) is 16.3. The maximum atomic E-state index is 12.7. The number of sulfonamides is 1. The van der Waals surface area contributed by atoms with E-state index in [2.05, 4.69) is 15.9 Å². The van der Waals surface area contributed by atoms with Crippen LogP contribution < -0.4 is 0 Å². The number of carbonyl (C=O) groups is 1. The quantitative estimate of drug-likeness (QED) is 0.812. The van der Waals surface area contributed by atoms with Gasteiger partial charge in [-0.1, -0.05) is 34.1 Å². The molecule has 2 rings (SSSR count). The molecule has 0 radical (unpaired) electrons. The Morgan fingerprint density at radius 1 is 1.14 bits per heavy atom. The summed E-state index contributed by atoms with van der Waals surface area (Å²) in [5.41, 5.74) is 1.14. The molecule has 1 amide bonds. The van der Waals surface area contributed by atoms with Crippen LogP contribution in [0.15, 0.2) is 57.9 Å². The smallest absolute Gasteiger partial charge is 0.267 e. The lowest BCUT2D eigenvalue weighted by Gasteiger charge is -2.21. The van der Waals surface area contributed by atoms with Crippen molar-refractivity contribution < 1.29 is 13.2 Å². The minimum Gasteiger partial charge on any atom is -0.268 e. The average molecular weight is 382 g/mol. The summed E-state index contributed by atoms with van der Waals surface area (Å²) in [5, 5.41) is 0. The minimum absolute atomic E-state index is 0.0746. The number of halogens is 1. The molecule has 0 unspecified atom stereocenters. The number of amides is 1. The largest absolute Gasteiger partial charge is 0.268 e. The average Bonchev–Trinajstić information content (AvgIpc) is 2.51. The Hall–Kier alpha value is -1.66. The predicted molar refractivity (Wildman–Crippen MR) is 89.2 cm³/mol. The van der Waals surface area contributed by atoms with E-state index in [1.54, 1.807) is 56.3 Å². The van der Waals surface area contributed by atoms with Gasteiger partial charge in [-0.2, -0.15) is 0 Å². The summed E-state index contributed by atoms with van der Waals surface area (Å²) >= 11 is 3.34. The molecule has 2 aromatic rings. The van der Waals surface area contributed by atoms with Gasteiger partial charge in [-0.25, -0.2) is 12.7 Å². The molecule has 0 N–H and O–H groups in total. The van der Waals surface area contributed by atoms with Gasteiger partial charge in [-0.3, -0.25) is 4.79 Å². The minimum atomic E-state index is -3.87. The highest BCUT2D eigenvalue weighted by Gasteiger charge is 2.28. The molecule has 0 aliphatic rings. The molecule has 6 heteroatoms. The van der Waals surface area contributed by atoms with E-state index in [9.17, 15) is 13.2 Å². The summed E-state index contributed by atoms with van der Waals surface area (Å²) in [5.74, 6) is -0.524. The van der Waals surface area contributed by atoms with Crippen molar-refractivity contribution in [2.24, 2.45) is 0 Å². The van der Waals surface area contributed by atoms with E-state index in [1.807, 2.05) is 0 Å². The summed E-state index contributed by atoms with van der Waals surface area (Å²) in [6, 6.07) is 13.1.